The summed E-state index contributed by atoms with van der Waals surface area (Å²) in [7, 11) is 1.37. The predicted octanol–water partition coefficient (Wildman–Crippen LogP) is 4.28. The minimum absolute atomic E-state index is 0.186. The molecular weight excluding hydrogens is 442 g/mol. The number of imidazole rings is 1. The van der Waals surface area contributed by atoms with Crippen molar-refractivity contribution in [2.75, 3.05) is 17.7 Å². The number of rotatable bonds is 8. The first-order chi connectivity index (χ1) is 17.2. The summed E-state index contributed by atoms with van der Waals surface area (Å²) in [5, 5.41) is 6.60. The van der Waals surface area contributed by atoms with E-state index in [0.717, 1.165) is 27.8 Å². The average Bonchev–Trinajstić information content (AvgIpc) is 3.27. The van der Waals surface area contributed by atoms with E-state index in [-0.39, 0.29) is 12.4 Å². The second kappa shape index (κ2) is 10.0. The van der Waals surface area contributed by atoms with Gasteiger partial charge in [0.25, 0.3) is 0 Å². The lowest BCUT2D eigenvalue weighted by Gasteiger charge is -2.11. The number of ether oxygens (including phenoxy) is 1. The van der Waals surface area contributed by atoms with Gasteiger partial charge in [-0.05, 0) is 35.4 Å². The summed E-state index contributed by atoms with van der Waals surface area (Å²) in [6, 6.07) is 25.4. The molecule has 2 heterocycles. The van der Waals surface area contributed by atoms with Crippen LogP contribution in [-0.2, 0) is 22.5 Å². The molecule has 0 amide bonds. The molecule has 2 aromatic heterocycles. The standard InChI is InChI=1S/C26H23N7O2/c1-35-23(34)15-19-10-7-11-20(14-19)30-24-28-17-29-26(32-24)33-22-13-6-5-12-21(22)31-25(33)27-16-18-8-3-2-4-9-18/h2-14,17H,15-16H2,1H3,(H,27,31)(H,28,29,30,32). The van der Waals surface area contributed by atoms with Crippen LogP contribution in [0.4, 0.5) is 17.6 Å². The summed E-state index contributed by atoms with van der Waals surface area (Å²) in [6.07, 6.45) is 1.64. The van der Waals surface area contributed by atoms with Crippen LogP contribution in [0.25, 0.3) is 17.0 Å². The smallest absolute Gasteiger partial charge is 0.309 e. The van der Waals surface area contributed by atoms with E-state index in [2.05, 4.69) is 37.7 Å². The number of fused-ring (bicyclic) bond motifs is 1. The van der Waals surface area contributed by atoms with E-state index in [1.807, 2.05) is 71.3 Å². The molecule has 3 aromatic carbocycles. The third-order valence-corrected chi connectivity index (χ3v) is 5.37. The Morgan fingerprint density at radius 3 is 2.57 bits per heavy atom. The van der Waals surface area contributed by atoms with Crippen LogP contribution in [0.2, 0.25) is 0 Å². The normalized spacial score (nSPS) is 10.8. The lowest BCUT2D eigenvalue weighted by atomic mass is 10.1. The number of carbonyl (C=O) groups is 1. The summed E-state index contributed by atoms with van der Waals surface area (Å²) in [5.41, 5.74) is 4.41. The van der Waals surface area contributed by atoms with E-state index < -0.39 is 0 Å². The molecule has 35 heavy (non-hydrogen) atoms. The highest BCUT2D eigenvalue weighted by Gasteiger charge is 2.15. The third-order valence-electron chi connectivity index (χ3n) is 5.37. The highest BCUT2D eigenvalue weighted by atomic mass is 16.5. The third kappa shape index (κ3) is 5.09. The van der Waals surface area contributed by atoms with Crippen LogP contribution in [0.15, 0.2) is 85.2 Å². The van der Waals surface area contributed by atoms with E-state index in [1.54, 1.807) is 0 Å². The second-order valence-electron chi connectivity index (χ2n) is 7.79. The fourth-order valence-electron chi connectivity index (χ4n) is 3.71. The largest absolute Gasteiger partial charge is 0.469 e. The van der Waals surface area contributed by atoms with Gasteiger partial charge in [-0.1, -0.05) is 54.6 Å². The molecule has 0 unspecified atom stereocenters. The van der Waals surface area contributed by atoms with Gasteiger partial charge in [0.05, 0.1) is 24.6 Å². The Balaban J connectivity index is 1.45. The number of nitrogens with zero attached hydrogens (tertiary/aromatic N) is 5. The highest BCUT2D eigenvalue weighted by Crippen LogP contribution is 2.24. The van der Waals surface area contributed by atoms with Crippen molar-refractivity contribution in [1.29, 1.82) is 0 Å². The van der Waals surface area contributed by atoms with Crippen molar-refractivity contribution in [2.24, 2.45) is 0 Å². The molecule has 0 aliphatic heterocycles. The van der Waals surface area contributed by atoms with E-state index >= 15 is 0 Å². The molecule has 5 aromatic rings. The maximum atomic E-state index is 11.6. The topological polar surface area (TPSA) is 107 Å². The first kappa shape index (κ1) is 22.0. The molecule has 0 aliphatic carbocycles. The number of carbonyl (C=O) groups excluding carboxylic acids is 1. The van der Waals surface area contributed by atoms with E-state index in [1.165, 1.54) is 13.4 Å². The Labute approximate surface area is 201 Å². The fraction of sp³-hybridized carbons (Fsp3) is 0.115. The Bertz CT molecular complexity index is 1470. The molecule has 0 radical (unpaired) electrons. The van der Waals surface area contributed by atoms with Gasteiger partial charge >= 0.3 is 5.97 Å². The predicted molar refractivity (Wildman–Crippen MR) is 134 cm³/mol. The van der Waals surface area contributed by atoms with Crippen molar-refractivity contribution in [3.63, 3.8) is 0 Å². The Hall–Kier alpha value is -4.79. The summed E-state index contributed by atoms with van der Waals surface area (Å²) in [4.78, 5) is 29.7. The Morgan fingerprint density at radius 1 is 0.914 bits per heavy atom. The van der Waals surface area contributed by atoms with Gasteiger partial charge in [-0.25, -0.2) is 19.5 Å². The fourth-order valence-corrected chi connectivity index (χ4v) is 3.71. The number of benzene rings is 3. The van der Waals surface area contributed by atoms with Crippen LogP contribution in [0.5, 0.6) is 0 Å². The molecule has 0 fully saturated rings. The number of para-hydroxylation sites is 2. The lowest BCUT2D eigenvalue weighted by Crippen LogP contribution is -2.10. The van der Waals surface area contributed by atoms with E-state index in [9.17, 15) is 4.79 Å². The van der Waals surface area contributed by atoms with Gasteiger partial charge in [-0.15, -0.1) is 0 Å². The Kier molecular flexibility index (Phi) is 6.29. The average molecular weight is 466 g/mol. The SMILES string of the molecule is COC(=O)Cc1cccc(Nc2ncnc(-n3c(NCc4ccccc4)nc4ccccc43)n2)c1. The number of hydrogen-bond acceptors (Lipinski definition) is 8. The molecule has 9 nitrogen and oxygen atoms in total. The van der Waals surface area contributed by atoms with Crippen molar-refractivity contribution >= 4 is 34.6 Å². The summed E-state index contributed by atoms with van der Waals surface area (Å²) in [6.45, 7) is 0.605. The van der Waals surface area contributed by atoms with E-state index in [4.69, 9.17) is 9.72 Å². The van der Waals surface area contributed by atoms with Crippen LogP contribution < -0.4 is 10.6 Å². The number of nitrogens with one attached hydrogen (secondary N) is 2. The molecule has 0 atom stereocenters. The minimum Gasteiger partial charge on any atom is -0.469 e. The van der Waals surface area contributed by atoms with Gasteiger partial charge in [-0.3, -0.25) is 4.79 Å². The maximum Gasteiger partial charge on any atom is 0.309 e. The van der Waals surface area contributed by atoms with Crippen LogP contribution in [0.3, 0.4) is 0 Å². The zero-order valence-electron chi connectivity index (χ0n) is 19.0. The van der Waals surface area contributed by atoms with Gasteiger partial charge in [-0.2, -0.15) is 4.98 Å². The van der Waals surface area contributed by atoms with Crippen LogP contribution in [0, 0.1) is 0 Å². The first-order valence-electron chi connectivity index (χ1n) is 11.1. The zero-order valence-corrected chi connectivity index (χ0v) is 19.0. The molecule has 0 saturated carbocycles. The van der Waals surface area contributed by atoms with Gasteiger partial charge in [0.1, 0.15) is 6.33 Å². The van der Waals surface area contributed by atoms with E-state index in [0.29, 0.717) is 24.4 Å². The van der Waals surface area contributed by atoms with Gasteiger partial charge < -0.3 is 15.4 Å². The molecule has 0 spiro atoms. The number of hydrogen-bond donors (Lipinski definition) is 2. The molecule has 0 aliphatic rings. The van der Waals surface area contributed by atoms with Gasteiger partial charge in [0.15, 0.2) is 0 Å². The maximum absolute atomic E-state index is 11.6. The van der Waals surface area contributed by atoms with Crippen molar-refractivity contribution in [1.82, 2.24) is 24.5 Å². The molecule has 174 valence electrons. The van der Waals surface area contributed by atoms with Crippen LogP contribution in [0.1, 0.15) is 11.1 Å². The lowest BCUT2D eigenvalue weighted by molar-refractivity contribution is -0.139. The van der Waals surface area contributed by atoms with Crippen molar-refractivity contribution in [2.45, 2.75) is 13.0 Å². The van der Waals surface area contributed by atoms with Crippen molar-refractivity contribution < 1.29 is 9.53 Å². The second-order valence-corrected chi connectivity index (χ2v) is 7.79. The van der Waals surface area contributed by atoms with Crippen molar-refractivity contribution in [3.8, 4) is 5.95 Å². The van der Waals surface area contributed by atoms with Crippen molar-refractivity contribution in [3.05, 3.63) is 96.3 Å². The number of methoxy groups -OCH3 is 1. The quantitative estimate of drug-likeness (QED) is 0.327. The van der Waals surface area contributed by atoms with Gasteiger partial charge in [0, 0.05) is 12.2 Å². The molecule has 9 heteroatoms. The molecule has 2 N–H and O–H groups in total. The zero-order chi connectivity index (χ0) is 24.0. The summed E-state index contributed by atoms with van der Waals surface area (Å²) >= 11 is 0. The molecular formula is C26H23N7O2. The number of anilines is 3. The highest BCUT2D eigenvalue weighted by molar-refractivity contribution is 5.80. The van der Waals surface area contributed by atoms with Crippen LogP contribution >= 0.6 is 0 Å². The number of aromatic nitrogens is 5. The number of esters is 1. The molecule has 0 bridgehead atoms. The minimum atomic E-state index is -0.299. The summed E-state index contributed by atoms with van der Waals surface area (Å²) in [5.74, 6) is 1.13. The monoisotopic (exact) mass is 465 g/mol. The van der Waals surface area contributed by atoms with Gasteiger partial charge in [0.2, 0.25) is 17.8 Å². The molecule has 5 rings (SSSR count). The van der Waals surface area contributed by atoms with Crippen LogP contribution in [-0.4, -0.2) is 37.6 Å². The summed E-state index contributed by atoms with van der Waals surface area (Å²) < 4.78 is 6.63. The first-order valence-corrected chi connectivity index (χ1v) is 11.1. The Morgan fingerprint density at radius 2 is 1.71 bits per heavy atom. The molecule has 0 saturated heterocycles.